The number of rotatable bonds is 6. The van der Waals surface area contributed by atoms with Gasteiger partial charge in [0.2, 0.25) is 5.43 Å². The van der Waals surface area contributed by atoms with Crippen LogP contribution in [0.15, 0.2) is 16.2 Å². The summed E-state index contributed by atoms with van der Waals surface area (Å²) in [6, 6.07) is 1.88. The molecule has 0 bridgehead atoms. The van der Waals surface area contributed by atoms with E-state index < -0.39 is 0 Å². The molecule has 0 aliphatic rings. The van der Waals surface area contributed by atoms with Gasteiger partial charge in [0.25, 0.3) is 0 Å². The Kier molecular flexibility index (Phi) is 4.79. The average molecular weight is 352 g/mol. The highest BCUT2D eigenvalue weighted by molar-refractivity contribution is 7.17. The molecule has 0 aliphatic heterocycles. The summed E-state index contributed by atoms with van der Waals surface area (Å²) in [6.07, 6.45) is 0. The van der Waals surface area contributed by atoms with Gasteiger partial charge in [-0.25, -0.2) is 0 Å². The molecular formula is C15H18ClN5OS. The number of nitrogens with one attached hydrogen (secondary N) is 2. The van der Waals surface area contributed by atoms with E-state index in [0.29, 0.717) is 21.4 Å². The Labute approximate surface area is 142 Å². The third-order valence-corrected chi connectivity index (χ3v) is 5.08. The van der Waals surface area contributed by atoms with E-state index in [0.717, 1.165) is 31.7 Å². The van der Waals surface area contributed by atoms with Gasteiger partial charge in [0.1, 0.15) is 0 Å². The van der Waals surface area contributed by atoms with Gasteiger partial charge in [0.05, 0.1) is 21.1 Å². The highest BCUT2D eigenvalue weighted by Crippen LogP contribution is 2.26. The number of aromatic nitrogens is 3. The maximum absolute atomic E-state index is 12.6. The lowest BCUT2D eigenvalue weighted by Gasteiger charge is -2.18. The minimum absolute atomic E-state index is 0.101. The van der Waals surface area contributed by atoms with Gasteiger partial charge in [0.15, 0.2) is 11.0 Å². The summed E-state index contributed by atoms with van der Waals surface area (Å²) in [4.78, 5) is 18.2. The largest absolute Gasteiger partial charge is 0.366 e. The first kappa shape index (κ1) is 16.2. The minimum atomic E-state index is -0.101. The summed E-state index contributed by atoms with van der Waals surface area (Å²) in [5, 5.41) is 13.7. The van der Waals surface area contributed by atoms with Crippen LogP contribution >= 0.6 is 22.9 Å². The second-order valence-corrected chi connectivity index (χ2v) is 6.43. The average Bonchev–Trinajstić information content (AvgIpc) is 3.02. The van der Waals surface area contributed by atoms with Gasteiger partial charge in [-0.05, 0) is 24.5 Å². The van der Waals surface area contributed by atoms with Crippen LogP contribution in [0.3, 0.4) is 0 Å². The van der Waals surface area contributed by atoms with Crippen molar-refractivity contribution in [3.63, 3.8) is 0 Å². The van der Waals surface area contributed by atoms with E-state index in [4.69, 9.17) is 11.6 Å². The van der Waals surface area contributed by atoms with Gasteiger partial charge >= 0.3 is 0 Å². The lowest BCUT2D eigenvalue weighted by Crippen LogP contribution is -2.29. The summed E-state index contributed by atoms with van der Waals surface area (Å²) in [6.45, 7) is 7.87. The van der Waals surface area contributed by atoms with E-state index >= 15 is 0 Å². The lowest BCUT2D eigenvalue weighted by atomic mass is 10.2. The number of anilines is 1. The van der Waals surface area contributed by atoms with Crippen molar-refractivity contribution in [2.45, 2.75) is 13.8 Å². The Morgan fingerprint density at radius 1 is 1.35 bits per heavy atom. The Bertz CT molecular complexity index is 887. The van der Waals surface area contributed by atoms with Gasteiger partial charge in [-0.3, -0.25) is 4.79 Å². The summed E-state index contributed by atoms with van der Waals surface area (Å²) >= 11 is 7.50. The van der Waals surface area contributed by atoms with E-state index in [1.807, 2.05) is 11.4 Å². The van der Waals surface area contributed by atoms with Crippen LogP contribution in [0, 0.1) is 0 Å². The highest BCUT2D eigenvalue weighted by Gasteiger charge is 2.15. The van der Waals surface area contributed by atoms with Crippen molar-refractivity contribution in [3.8, 4) is 0 Å². The van der Waals surface area contributed by atoms with Crippen molar-refractivity contribution in [3.05, 3.63) is 26.8 Å². The minimum Gasteiger partial charge on any atom is -0.366 e. The molecule has 2 N–H and O–H groups in total. The van der Waals surface area contributed by atoms with E-state index in [1.54, 1.807) is 0 Å². The fourth-order valence-electron chi connectivity index (χ4n) is 2.57. The number of likely N-dealkylation sites (N-methyl/N-ethyl adjacent to an activating group) is 1. The van der Waals surface area contributed by atoms with Crippen LogP contribution in [-0.4, -0.2) is 46.3 Å². The summed E-state index contributed by atoms with van der Waals surface area (Å²) < 4.78 is 0.654. The number of nitrogens with zero attached hydrogens (tertiary/aromatic N) is 3. The number of hydrogen-bond acceptors (Lipinski definition) is 6. The van der Waals surface area contributed by atoms with E-state index in [1.165, 1.54) is 11.3 Å². The Morgan fingerprint density at radius 2 is 2.13 bits per heavy atom. The van der Waals surface area contributed by atoms with Crippen LogP contribution in [0.5, 0.6) is 0 Å². The maximum atomic E-state index is 12.6. The summed E-state index contributed by atoms with van der Waals surface area (Å²) in [7, 11) is 0. The molecule has 0 spiro atoms. The predicted molar refractivity (Wildman–Crippen MR) is 96.8 cm³/mol. The number of pyridine rings is 1. The smallest absolute Gasteiger partial charge is 0.210 e. The van der Waals surface area contributed by atoms with Crippen molar-refractivity contribution in [2.24, 2.45) is 0 Å². The maximum Gasteiger partial charge on any atom is 0.210 e. The SMILES string of the molecule is CCN(CC)CCNc1nnc(Cl)c2c(=O)c3sccc3[nH]c12. The molecular weight excluding hydrogens is 334 g/mol. The molecule has 3 heterocycles. The van der Waals surface area contributed by atoms with Crippen LogP contribution in [0.1, 0.15) is 13.8 Å². The molecule has 3 aromatic heterocycles. The Morgan fingerprint density at radius 3 is 2.87 bits per heavy atom. The molecule has 0 saturated heterocycles. The zero-order valence-electron chi connectivity index (χ0n) is 13.0. The summed E-state index contributed by atoms with van der Waals surface area (Å²) in [5.41, 5.74) is 1.30. The first-order valence-corrected chi connectivity index (χ1v) is 8.83. The van der Waals surface area contributed by atoms with Crippen LogP contribution in [0.25, 0.3) is 21.1 Å². The fourth-order valence-corrected chi connectivity index (χ4v) is 3.59. The van der Waals surface area contributed by atoms with Gasteiger partial charge in [0, 0.05) is 13.1 Å². The third kappa shape index (κ3) is 3.04. The van der Waals surface area contributed by atoms with Crippen LogP contribution in [-0.2, 0) is 0 Å². The standard InChI is InChI=1S/C15H18ClN5OS/c1-3-21(4-2)7-6-17-15-11-10(14(16)19-20-15)12(22)13-9(18-11)5-8-23-13/h5,8H,3-4,6-7H2,1-2H3,(H,17,20)(H,18,22). The molecule has 3 rings (SSSR count). The molecule has 0 aromatic carbocycles. The number of halogens is 1. The summed E-state index contributed by atoms with van der Waals surface area (Å²) in [5.74, 6) is 0.557. The van der Waals surface area contributed by atoms with Gasteiger partial charge in [-0.15, -0.1) is 21.5 Å². The molecule has 0 saturated carbocycles. The molecule has 0 radical (unpaired) electrons. The van der Waals surface area contributed by atoms with Crippen molar-refractivity contribution in [2.75, 3.05) is 31.5 Å². The Balaban J connectivity index is 1.99. The molecule has 8 heteroatoms. The molecule has 0 fully saturated rings. The van der Waals surface area contributed by atoms with Crippen molar-refractivity contribution < 1.29 is 0 Å². The number of thiophene rings is 1. The number of H-pyrrole nitrogens is 1. The fraction of sp³-hybridized carbons (Fsp3) is 0.400. The van der Waals surface area contributed by atoms with Crippen LogP contribution < -0.4 is 10.7 Å². The lowest BCUT2D eigenvalue weighted by molar-refractivity contribution is 0.316. The highest BCUT2D eigenvalue weighted by atomic mass is 35.5. The molecule has 0 unspecified atom stereocenters. The van der Waals surface area contributed by atoms with E-state index in [2.05, 4.69) is 39.2 Å². The van der Waals surface area contributed by atoms with Gasteiger partial charge < -0.3 is 15.2 Å². The first-order chi connectivity index (χ1) is 11.2. The predicted octanol–water partition coefficient (Wildman–Crippen LogP) is 2.94. The third-order valence-electron chi connectivity index (χ3n) is 3.90. The molecule has 23 heavy (non-hydrogen) atoms. The first-order valence-electron chi connectivity index (χ1n) is 7.57. The molecule has 0 atom stereocenters. The van der Waals surface area contributed by atoms with Crippen LogP contribution in [0.4, 0.5) is 5.82 Å². The molecule has 3 aromatic rings. The molecule has 0 aliphatic carbocycles. The zero-order valence-corrected chi connectivity index (χ0v) is 14.6. The van der Waals surface area contributed by atoms with Crippen molar-refractivity contribution in [1.29, 1.82) is 0 Å². The van der Waals surface area contributed by atoms with Gasteiger partial charge in [-0.2, -0.15) is 0 Å². The van der Waals surface area contributed by atoms with Gasteiger partial charge in [-0.1, -0.05) is 25.4 Å². The number of aromatic amines is 1. The normalized spacial score (nSPS) is 11.7. The molecule has 0 amide bonds. The number of hydrogen-bond donors (Lipinski definition) is 2. The zero-order chi connectivity index (χ0) is 16.4. The van der Waals surface area contributed by atoms with Crippen molar-refractivity contribution >= 4 is 49.9 Å². The molecule has 122 valence electrons. The monoisotopic (exact) mass is 351 g/mol. The quantitative estimate of drug-likeness (QED) is 0.714. The van der Waals surface area contributed by atoms with Crippen LogP contribution in [0.2, 0.25) is 5.15 Å². The molecule has 6 nitrogen and oxygen atoms in total. The van der Waals surface area contributed by atoms with E-state index in [9.17, 15) is 4.79 Å². The number of fused-ring (bicyclic) bond motifs is 2. The second-order valence-electron chi connectivity index (χ2n) is 5.16. The van der Waals surface area contributed by atoms with Crippen molar-refractivity contribution in [1.82, 2.24) is 20.1 Å². The second kappa shape index (κ2) is 6.82. The topological polar surface area (TPSA) is 73.9 Å². The Hall–Kier alpha value is -1.70. The van der Waals surface area contributed by atoms with E-state index in [-0.39, 0.29) is 10.6 Å².